The van der Waals surface area contributed by atoms with E-state index in [2.05, 4.69) is 5.32 Å². The van der Waals surface area contributed by atoms with E-state index in [0.717, 1.165) is 11.1 Å². The number of nitrogens with one attached hydrogen (secondary N) is 1. The minimum atomic E-state index is -3.56. The van der Waals surface area contributed by atoms with Crippen molar-refractivity contribution in [1.82, 2.24) is 5.32 Å². The highest BCUT2D eigenvalue weighted by Gasteiger charge is 2.22. The van der Waals surface area contributed by atoms with Crippen molar-refractivity contribution in [3.05, 3.63) is 90.0 Å². The number of rotatable bonds is 10. The van der Waals surface area contributed by atoms with E-state index in [-0.39, 0.29) is 53.1 Å². The molecule has 0 aliphatic carbocycles. The highest BCUT2D eigenvalue weighted by molar-refractivity contribution is 7.91. The van der Waals surface area contributed by atoms with Crippen LogP contribution >= 0.6 is 12.4 Å². The van der Waals surface area contributed by atoms with Crippen molar-refractivity contribution in [3.8, 4) is 11.5 Å². The van der Waals surface area contributed by atoms with Crippen LogP contribution in [0.5, 0.6) is 11.5 Å². The van der Waals surface area contributed by atoms with Gasteiger partial charge in [-0.1, -0.05) is 42.5 Å². The van der Waals surface area contributed by atoms with Crippen LogP contribution in [0.4, 0.5) is 0 Å². The standard InChI is InChI=1S/C25H29NO5S.ClH/c1-18(26-16-23(29)17-32(30,31)24-5-3-2-4-6-24)15-25(19-7-11-21(27)12-8-19)20-9-13-22(28)14-10-20;/h2-14,18,23,25-29H,15-17H2,1H3;1H/t18?,23-;/m0./s1. The maximum absolute atomic E-state index is 12.5. The summed E-state index contributed by atoms with van der Waals surface area (Å²) in [7, 11) is -3.56. The fourth-order valence-electron chi connectivity index (χ4n) is 3.69. The highest BCUT2D eigenvalue weighted by atomic mass is 35.5. The van der Waals surface area contributed by atoms with E-state index in [1.165, 1.54) is 12.1 Å². The van der Waals surface area contributed by atoms with Crippen LogP contribution in [-0.4, -0.2) is 48.2 Å². The number of hydrogen-bond donors (Lipinski definition) is 4. The first kappa shape index (κ1) is 26.7. The number of aromatic hydroxyl groups is 2. The second kappa shape index (κ2) is 12.0. The summed E-state index contributed by atoms with van der Waals surface area (Å²) in [6.07, 6.45) is -0.364. The van der Waals surface area contributed by atoms with Gasteiger partial charge < -0.3 is 20.6 Å². The number of sulfone groups is 1. The molecule has 0 saturated carbocycles. The third kappa shape index (κ3) is 7.75. The Morgan fingerprint density at radius 2 is 1.30 bits per heavy atom. The van der Waals surface area contributed by atoms with Gasteiger partial charge in [-0.2, -0.15) is 0 Å². The third-order valence-electron chi connectivity index (χ3n) is 5.40. The first-order valence-electron chi connectivity index (χ1n) is 10.5. The van der Waals surface area contributed by atoms with Crippen molar-refractivity contribution in [1.29, 1.82) is 0 Å². The SMILES string of the molecule is CC(CC(c1ccc(O)cc1)c1ccc(O)cc1)NC[C@H](O)CS(=O)(=O)c1ccccc1.Cl. The molecule has 0 bridgehead atoms. The molecule has 3 aromatic carbocycles. The molecule has 3 rings (SSSR count). The molecular formula is C25H30ClNO5S. The summed E-state index contributed by atoms with van der Waals surface area (Å²) in [6, 6.07) is 22.1. The Kier molecular flexibility index (Phi) is 9.73. The summed E-state index contributed by atoms with van der Waals surface area (Å²) >= 11 is 0. The predicted molar refractivity (Wildman–Crippen MR) is 132 cm³/mol. The maximum Gasteiger partial charge on any atom is 0.180 e. The van der Waals surface area contributed by atoms with Gasteiger partial charge in [0, 0.05) is 18.5 Å². The molecule has 0 radical (unpaired) electrons. The van der Waals surface area contributed by atoms with E-state index in [0.29, 0.717) is 6.42 Å². The lowest BCUT2D eigenvalue weighted by molar-refractivity contribution is 0.188. The van der Waals surface area contributed by atoms with Crippen molar-refractivity contribution in [2.45, 2.75) is 36.3 Å². The van der Waals surface area contributed by atoms with E-state index >= 15 is 0 Å². The number of hydrogen-bond acceptors (Lipinski definition) is 6. The normalized spacial score (nSPS) is 13.3. The molecule has 0 amide bonds. The van der Waals surface area contributed by atoms with Crippen molar-refractivity contribution in [3.63, 3.8) is 0 Å². The molecule has 6 nitrogen and oxygen atoms in total. The van der Waals surface area contributed by atoms with Crippen LogP contribution in [0.2, 0.25) is 0 Å². The van der Waals surface area contributed by atoms with Crippen LogP contribution in [0.15, 0.2) is 83.8 Å². The minimum Gasteiger partial charge on any atom is -0.508 e. The van der Waals surface area contributed by atoms with E-state index in [9.17, 15) is 23.7 Å². The summed E-state index contributed by atoms with van der Waals surface area (Å²) in [6.45, 7) is 2.12. The number of benzene rings is 3. The first-order valence-corrected chi connectivity index (χ1v) is 12.2. The fourth-order valence-corrected chi connectivity index (χ4v) is 5.08. The average Bonchev–Trinajstić information content (AvgIpc) is 2.78. The van der Waals surface area contributed by atoms with Gasteiger partial charge in [-0.25, -0.2) is 8.42 Å². The number of aliphatic hydroxyl groups excluding tert-OH is 1. The van der Waals surface area contributed by atoms with Gasteiger partial charge in [0.05, 0.1) is 16.8 Å². The van der Waals surface area contributed by atoms with E-state index in [4.69, 9.17) is 0 Å². The quantitative estimate of drug-likeness (QED) is 0.343. The number of aliphatic hydroxyl groups is 1. The van der Waals surface area contributed by atoms with Crippen LogP contribution in [0.1, 0.15) is 30.4 Å². The van der Waals surface area contributed by atoms with Crippen molar-refractivity contribution in [2.75, 3.05) is 12.3 Å². The molecule has 1 unspecified atom stereocenters. The molecule has 0 aliphatic heterocycles. The molecule has 0 heterocycles. The van der Waals surface area contributed by atoms with Crippen LogP contribution < -0.4 is 5.32 Å². The third-order valence-corrected chi connectivity index (χ3v) is 7.21. The number of phenolic OH excluding ortho intramolecular Hbond substituents is 2. The number of halogens is 1. The van der Waals surface area contributed by atoms with E-state index < -0.39 is 15.9 Å². The molecule has 3 aromatic rings. The van der Waals surface area contributed by atoms with Gasteiger partial charge in [-0.15, -0.1) is 12.4 Å². The Bertz CT molecular complexity index is 1040. The largest absolute Gasteiger partial charge is 0.508 e. The molecule has 178 valence electrons. The van der Waals surface area contributed by atoms with Crippen LogP contribution in [0, 0.1) is 0 Å². The van der Waals surface area contributed by atoms with Gasteiger partial charge in [0.15, 0.2) is 9.84 Å². The first-order chi connectivity index (χ1) is 15.2. The van der Waals surface area contributed by atoms with Gasteiger partial charge in [0.1, 0.15) is 11.5 Å². The minimum absolute atomic E-state index is 0. The summed E-state index contributed by atoms with van der Waals surface area (Å²) < 4.78 is 24.9. The van der Waals surface area contributed by atoms with Gasteiger partial charge >= 0.3 is 0 Å². The van der Waals surface area contributed by atoms with Crippen LogP contribution in [0.25, 0.3) is 0 Å². The molecule has 0 aromatic heterocycles. The lowest BCUT2D eigenvalue weighted by atomic mass is 9.86. The summed E-state index contributed by atoms with van der Waals surface area (Å²) in [5, 5.41) is 32.8. The van der Waals surface area contributed by atoms with Crippen molar-refractivity contribution >= 4 is 22.2 Å². The van der Waals surface area contributed by atoms with Gasteiger partial charge in [-0.05, 0) is 60.9 Å². The molecule has 0 aliphatic rings. The zero-order valence-corrected chi connectivity index (χ0v) is 20.0. The monoisotopic (exact) mass is 491 g/mol. The van der Waals surface area contributed by atoms with Gasteiger partial charge in [0.25, 0.3) is 0 Å². The Morgan fingerprint density at radius 3 is 1.79 bits per heavy atom. The zero-order chi connectivity index (χ0) is 23.1. The molecule has 2 atom stereocenters. The average molecular weight is 492 g/mol. The molecule has 0 fully saturated rings. The highest BCUT2D eigenvalue weighted by Crippen LogP contribution is 2.31. The van der Waals surface area contributed by atoms with Crippen molar-refractivity contribution < 1.29 is 23.7 Å². The van der Waals surface area contributed by atoms with Gasteiger partial charge in [-0.3, -0.25) is 0 Å². The maximum atomic E-state index is 12.5. The van der Waals surface area contributed by atoms with Crippen molar-refractivity contribution in [2.24, 2.45) is 0 Å². The van der Waals surface area contributed by atoms with Crippen LogP contribution in [0.3, 0.4) is 0 Å². The number of phenols is 2. The Morgan fingerprint density at radius 1 is 0.818 bits per heavy atom. The lowest BCUT2D eigenvalue weighted by Gasteiger charge is -2.24. The molecule has 33 heavy (non-hydrogen) atoms. The lowest BCUT2D eigenvalue weighted by Crippen LogP contribution is -2.38. The Labute approximate surface area is 201 Å². The van der Waals surface area contributed by atoms with E-state index in [1.54, 1.807) is 42.5 Å². The Balaban J connectivity index is 0.00000385. The van der Waals surface area contributed by atoms with Crippen LogP contribution in [-0.2, 0) is 9.84 Å². The Hall–Kier alpha value is -2.58. The van der Waals surface area contributed by atoms with Gasteiger partial charge in [0.2, 0.25) is 0 Å². The molecule has 0 saturated heterocycles. The van der Waals surface area contributed by atoms with E-state index in [1.807, 2.05) is 31.2 Å². The summed E-state index contributed by atoms with van der Waals surface area (Å²) in [5.74, 6) is 0.0129. The molecular weight excluding hydrogens is 462 g/mol. The summed E-state index contributed by atoms with van der Waals surface area (Å²) in [4.78, 5) is 0.201. The summed E-state index contributed by atoms with van der Waals surface area (Å²) in [5.41, 5.74) is 2.02. The fraction of sp³-hybridized carbons (Fsp3) is 0.280. The zero-order valence-electron chi connectivity index (χ0n) is 18.3. The second-order valence-corrected chi connectivity index (χ2v) is 10.1. The molecule has 4 N–H and O–H groups in total. The predicted octanol–water partition coefficient (Wildman–Crippen LogP) is 3.85. The topological polar surface area (TPSA) is 107 Å². The molecule has 0 spiro atoms. The second-order valence-electron chi connectivity index (χ2n) is 8.03. The molecule has 8 heteroatoms. The smallest absolute Gasteiger partial charge is 0.180 e.